The normalized spacial score (nSPS) is 16.2. The van der Waals surface area contributed by atoms with Crippen molar-refractivity contribution in [2.24, 2.45) is 5.92 Å². The molecule has 4 rings (SSSR count). The largest absolute Gasteiger partial charge is 0.326 e. The number of hydrogen-bond donors (Lipinski definition) is 1. The fraction of sp³-hybridized carbons (Fsp3) is 0.273. The van der Waals surface area contributed by atoms with E-state index in [-0.39, 0.29) is 11.8 Å². The zero-order valence-corrected chi connectivity index (χ0v) is 15.9. The molecule has 3 nitrogen and oxygen atoms in total. The maximum absolute atomic E-state index is 12.8. The first-order valence-electron chi connectivity index (χ1n) is 9.02. The Morgan fingerprint density at radius 1 is 1.15 bits per heavy atom. The first-order chi connectivity index (χ1) is 12.6. The lowest BCUT2D eigenvalue weighted by atomic mass is 9.90. The van der Waals surface area contributed by atoms with E-state index in [0.29, 0.717) is 0 Å². The third-order valence-corrected chi connectivity index (χ3v) is 6.14. The number of hydrogen-bond acceptors (Lipinski definition) is 3. The molecule has 1 aliphatic rings. The fourth-order valence-corrected chi connectivity index (χ4v) is 4.68. The van der Waals surface area contributed by atoms with Crippen molar-refractivity contribution in [3.8, 4) is 10.6 Å². The van der Waals surface area contributed by atoms with Gasteiger partial charge in [-0.2, -0.15) is 0 Å². The molecule has 2 aromatic carbocycles. The van der Waals surface area contributed by atoms with Gasteiger partial charge in [0.1, 0.15) is 5.01 Å². The summed E-state index contributed by atoms with van der Waals surface area (Å²) >= 11 is 1.73. The molecule has 1 atom stereocenters. The Labute approximate surface area is 158 Å². The van der Waals surface area contributed by atoms with Crippen molar-refractivity contribution in [2.45, 2.75) is 33.1 Å². The third-order valence-electron chi connectivity index (χ3n) is 4.97. The monoisotopic (exact) mass is 362 g/mol. The predicted octanol–water partition coefficient (Wildman–Crippen LogP) is 5.17. The van der Waals surface area contributed by atoms with Crippen molar-refractivity contribution < 1.29 is 4.79 Å². The van der Waals surface area contributed by atoms with Crippen molar-refractivity contribution in [1.29, 1.82) is 0 Å². The molecule has 0 aliphatic heterocycles. The molecule has 0 saturated carbocycles. The molecule has 1 unspecified atom stereocenters. The molecule has 4 heteroatoms. The van der Waals surface area contributed by atoms with E-state index in [4.69, 9.17) is 4.98 Å². The number of aromatic nitrogens is 1. The highest BCUT2D eigenvalue weighted by Gasteiger charge is 2.28. The van der Waals surface area contributed by atoms with E-state index in [1.807, 2.05) is 37.3 Å². The molecule has 1 aliphatic carbocycles. The summed E-state index contributed by atoms with van der Waals surface area (Å²) in [4.78, 5) is 18.8. The van der Waals surface area contributed by atoms with Gasteiger partial charge < -0.3 is 5.32 Å². The average molecular weight is 362 g/mol. The molecule has 1 amide bonds. The van der Waals surface area contributed by atoms with Crippen molar-refractivity contribution in [2.75, 3.05) is 5.32 Å². The van der Waals surface area contributed by atoms with Crippen LogP contribution in [0.15, 0.2) is 48.5 Å². The Morgan fingerprint density at radius 3 is 2.73 bits per heavy atom. The van der Waals surface area contributed by atoms with E-state index in [0.717, 1.165) is 41.1 Å². The van der Waals surface area contributed by atoms with Gasteiger partial charge in [0.25, 0.3) is 0 Å². The molecule has 132 valence electrons. The van der Waals surface area contributed by atoms with Gasteiger partial charge in [-0.15, -0.1) is 11.3 Å². The van der Waals surface area contributed by atoms with E-state index in [1.165, 1.54) is 16.1 Å². The van der Waals surface area contributed by atoms with E-state index in [9.17, 15) is 4.79 Å². The van der Waals surface area contributed by atoms with Crippen LogP contribution in [0.5, 0.6) is 0 Å². The van der Waals surface area contributed by atoms with Crippen molar-refractivity contribution in [3.05, 3.63) is 70.2 Å². The highest BCUT2D eigenvalue weighted by molar-refractivity contribution is 7.15. The van der Waals surface area contributed by atoms with Gasteiger partial charge in [0.15, 0.2) is 0 Å². The maximum atomic E-state index is 12.8. The summed E-state index contributed by atoms with van der Waals surface area (Å²) in [5.74, 6) is 0.143. The number of amides is 1. The van der Waals surface area contributed by atoms with Gasteiger partial charge in [-0.25, -0.2) is 4.98 Å². The Kier molecular flexibility index (Phi) is 4.60. The van der Waals surface area contributed by atoms with Crippen LogP contribution in [0.1, 0.15) is 28.1 Å². The molecule has 1 heterocycles. The number of carbonyl (C=O) groups is 1. The summed E-state index contributed by atoms with van der Waals surface area (Å²) in [6, 6.07) is 16.4. The molecule has 0 spiro atoms. The van der Waals surface area contributed by atoms with Crippen LogP contribution in [0.2, 0.25) is 0 Å². The van der Waals surface area contributed by atoms with Crippen LogP contribution in [0.25, 0.3) is 10.6 Å². The van der Waals surface area contributed by atoms with Gasteiger partial charge in [0.2, 0.25) is 5.91 Å². The summed E-state index contributed by atoms with van der Waals surface area (Å²) < 4.78 is 0. The van der Waals surface area contributed by atoms with Crippen molar-refractivity contribution in [1.82, 2.24) is 4.98 Å². The fourth-order valence-electron chi connectivity index (χ4n) is 3.49. The van der Waals surface area contributed by atoms with Crippen LogP contribution in [-0.2, 0) is 17.6 Å². The average Bonchev–Trinajstić information content (AvgIpc) is 3.08. The zero-order chi connectivity index (χ0) is 18.1. The third kappa shape index (κ3) is 3.42. The molecule has 26 heavy (non-hydrogen) atoms. The summed E-state index contributed by atoms with van der Waals surface area (Å²) in [6.45, 7) is 4.10. The minimum Gasteiger partial charge on any atom is -0.326 e. The number of fused-ring (bicyclic) bond motifs is 1. The second kappa shape index (κ2) is 7.04. The summed E-state index contributed by atoms with van der Waals surface area (Å²) in [5, 5.41) is 4.18. The van der Waals surface area contributed by atoms with E-state index in [1.54, 1.807) is 11.3 Å². The maximum Gasteiger partial charge on any atom is 0.227 e. The molecule has 0 radical (unpaired) electrons. The Hall–Kier alpha value is -2.46. The lowest BCUT2D eigenvalue weighted by Crippen LogP contribution is -2.28. The van der Waals surface area contributed by atoms with Crippen molar-refractivity contribution in [3.63, 3.8) is 0 Å². The Balaban J connectivity index is 1.49. The molecule has 0 bridgehead atoms. The van der Waals surface area contributed by atoms with Gasteiger partial charge in [0.05, 0.1) is 5.69 Å². The summed E-state index contributed by atoms with van der Waals surface area (Å²) in [6.07, 6.45) is 2.53. The van der Waals surface area contributed by atoms with Crippen LogP contribution >= 0.6 is 11.3 Å². The molecule has 0 fully saturated rings. The minimum absolute atomic E-state index is 0.0206. The second-order valence-electron chi connectivity index (χ2n) is 7.00. The molecule has 1 aromatic heterocycles. The van der Waals surface area contributed by atoms with Crippen LogP contribution in [0, 0.1) is 19.8 Å². The second-order valence-corrected chi connectivity index (χ2v) is 8.09. The summed E-state index contributed by atoms with van der Waals surface area (Å²) in [5.41, 5.74) is 5.56. The van der Waals surface area contributed by atoms with E-state index < -0.39 is 0 Å². The molecule has 0 saturated heterocycles. The first kappa shape index (κ1) is 17.0. The summed E-state index contributed by atoms with van der Waals surface area (Å²) in [7, 11) is 0. The molecule has 1 N–H and O–H groups in total. The van der Waals surface area contributed by atoms with E-state index in [2.05, 4.69) is 30.4 Å². The number of rotatable bonds is 3. The Bertz CT molecular complexity index is 946. The van der Waals surface area contributed by atoms with Crippen LogP contribution in [0.3, 0.4) is 0 Å². The standard InChI is InChI=1S/C22H22N2OS/c1-14-8-10-18(15(2)12-14)23-21(25)17-9-11-19-20(13-17)26-22(24-19)16-6-4-3-5-7-16/h3-8,10,12,17H,9,11,13H2,1-2H3,(H,23,25). The quantitative estimate of drug-likeness (QED) is 0.698. The van der Waals surface area contributed by atoms with Crippen LogP contribution in [-0.4, -0.2) is 10.9 Å². The van der Waals surface area contributed by atoms with Gasteiger partial charge in [-0.05, 0) is 44.7 Å². The SMILES string of the molecule is Cc1ccc(NC(=O)C2CCc3nc(-c4ccccc4)sc3C2)c(C)c1. The number of nitrogens with zero attached hydrogens (tertiary/aromatic N) is 1. The lowest BCUT2D eigenvalue weighted by molar-refractivity contribution is -0.120. The van der Waals surface area contributed by atoms with Gasteiger partial charge in [-0.3, -0.25) is 4.79 Å². The first-order valence-corrected chi connectivity index (χ1v) is 9.84. The number of thiazole rings is 1. The number of carbonyl (C=O) groups excluding carboxylic acids is 1. The predicted molar refractivity (Wildman–Crippen MR) is 108 cm³/mol. The Morgan fingerprint density at radius 2 is 1.96 bits per heavy atom. The number of nitrogens with one attached hydrogen (secondary N) is 1. The number of aryl methyl sites for hydroxylation is 3. The topological polar surface area (TPSA) is 42.0 Å². The smallest absolute Gasteiger partial charge is 0.227 e. The van der Waals surface area contributed by atoms with Gasteiger partial charge in [-0.1, -0.05) is 48.0 Å². The molecular formula is C22H22N2OS. The number of anilines is 1. The van der Waals surface area contributed by atoms with Gasteiger partial charge in [0, 0.05) is 22.0 Å². The minimum atomic E-state index is 0.0206. The lowest BCUT2D eigenvalue weighted by Gasteiger charge is -2.21. The number of benzene rings is 2. The van der Waals surface area contributed by atoms with Crippen molar-refractivity contribution >= 4 is 22.9 Å². The highest BCUT2D eigenvalue weighted by atomic mass is 32.1. The van der Waals surface area contributed by atoms with Gasteiger partial charge >= 0.3 is 0 Å². The highest BCUT2D eigenvalue weighted by Crippen LogP contribution is 2.35. The zero-order valence-electron chi connectivity index (χ0n) is 15.1. The molecule has 3 aromatic rings. The van der Waals surface area contributed by atoms with E-state index >= 15 is 0 Å². The van der Waals surface area contributed by atoms with Crippen LogP contribution in [0.4, 0.5) is 5.69 Å². The molecular weight excluding hydrogens is 340 g/mol. The van der Waals surface area contributed by atoms with Crippen LogP contribution < -0.4 is 5.32 Å².